The van der Waals surface area contributed by atoms with Crippen LogP contribution in [0.4, 0.5) is 0 Å². The van der Waals surface area contributed by atoms with Gasteiger partial charge in [-0.25, -0.2) is 4.79 Å². The zero-order chi connectivity index (χ0) is 14.0. The first-order chi connectivity index (χ1) is 8.99. The van der Waals surface area contributed by atoms with Gasteiger partial charge < -0.3 is 13.9 Å². The Kier molecular flexibility index (Phi) is 4.27. The van der Waals surface area contributed by atoms with Crippen molar-refractivity contribution < 1.29 is 18.7 Å². The Bertz CT molecular complexity index is 444. The molecule has 1 fully saturated rings. The van der Waals surface area contributed by atoms with Crippen LogP contribution in [0.2, 0.25) is 0 Å². The van der Waals surface area contributed by atoms with E-state index in [2.05, 4.69) is 23.5 Å². The number of morpholine rings is 1. The van der Waals surface area contributed by atoms with Gasteiger partial charge >= 0.3 is 5.97 Å². The number of nitrogens with zero attached hydrogens (tertiary/aromatic N) is 1. The molecule has 2 heterocycles. The van der Waals surface area contributed by atoms with Crippen LogP contribution in [0.5, 0.6) is 0 Å². The molecule has 0 radical (unpaired) electrons. The Morgan fingerprint density at radius 2 is 2.05 bits per heavy atom. The molecule has 0 aliphatic carbocycles. The predicted molar refractivity (Wildman–Crippen MR) is 70.1 cm³/mol. The number of carbonyl (C=O) groups excluding carboxylic acids is 1. The second-order valence-electron chi connectivity index (χ2n) is 5.17. The summed E-state index contributed by atoms with van der Waals surface area (Å²) in [5.41, 5.74) is 0.816. The lowest BCUT2D eigenvalue weighted by atomic mass is 10.2. The number of furan rings is 1. The molecule has 1 aromatic rings. The molecule has 0 bridgehead atoms. The van der Waals surface area contributed by atoms with Gasteiger partial charge in [0.05, 0.1) is 25.9 Å². The highest BCUT2D eigenvalue weighted by molar-refractivity contribution is 5.87. The van der Waals surface area contributed by atoms with Crippen LogP contribution in [0.1, 0.15) is 35.7 Å². The van der Waals surface area contributed by atoms with Crippen LogP contribution >= 0.6 is 0 Å². The topological polar surface area (TPSA) is 51.9 Å². The van der Waals surface area contributed by atoms with Crippen molar-refractivity contribution >= 4 is 5.97 Å². The van der Waals surface area contributed by atoms with Crippen molar-refractivity contribution in [2.75, 3.05) is 20.2 Å². The Hall–Kier alpha value is -1.33. The molecule has 5 nitrogen and oxygen atoms in total. The summed E-state index contributed by atoms with van der Waals surface area (Å²) in [5.74, 6) is 0.665. The minimum Gasteiger partial charge on any atom is -0.463 e. The fourth-order valence-corrected chi connectivity index (χ4v) is 2.56. The summed E-state index contributed by atoms with van der Waals surface area (Å²) in [5, 5.41) is 0. The average molecular weight is 267 g/mol. The second-order valence-corrected chi connectivity index (χ2v) is 5.17. The van der Waals surface area contributed by atoms with E-state index < -0.39 is 5.97 Å². The number of carbonyl (C=O) groups is 1. The summed E-state index contributed by atoms with van der Waals surface area (Å²) in [6.07, 6.45) is 0.444. The molecule has 0 unspecified atom stereocenters. The Labute approximate surface area is 113 Å². The van der Waals surface area contributed by atoms with E-state index in [-0.39, 0.29) is 12.2 Å². The summed E-state index contributed by atoms with van der Waals surface area (Å²) in [6.45, 7) is 8.42. The van der Waals surface area contributed by atoms with Gasteiger partial charge in [0.2, 0.25) is 5.76 Å². The molecular formula is C14H21NO4. The molecule has 0 saturated carbocycles. The summed E-state index contributed by atoms with van der Waals surface area (Å²) in [6, 6.07) is 1.90. The van der Waals surface area contributed by atoms with E-state index in [1.54, 1.807) is 0 Å². The van der Waals surface area contributed by atoms with Crippen molar-refractivity contribution in [3.63, 3.8) is 0 Å². The van der Waals surface area contributed by atoms with Gasteiger partial charge in [-0.05, 0) is 26.8 Å². The van der Waals surface area contributed by atoms with Crippen LogP contribution in [-0.2, 0) is 16.0 Å². The molecule has 0 aromatic carbocycles. The molecule has 1 saturated heterocycles. The molecule has 5 heteroatoms. The van der Waals surface area contributed by atoms with Crippen molar-refractivity contribution in [3.05, 3.63) is 23.2 Å². The van der Waals surface area contributed by atoms with Crippen LogP contribution in [0.15, 0.2) is 10.5 Å². The summed E-state index contributed by atoms with van der Waals surface area (Å²) >= 11 is 0. The second kappa shape index (κ2) is 5.75. The van der Waals surface area contributed by atoms with Gasteiger partial charge in [-0.1, -0.05) is 0 Å². The maximum atomic E-state index is 11.5. The number of esters is 1. The van der Waals surface area contributed by atoms with E-state index in [0.717, 1.165) is 24.4 Å². The maximum Gasteiger partial charge on any atom is 0.374 e. The third kappa shape index (κ3) is 3.36. The maximum absolute atomic E-state index is 11.5. The molecular weight excluding hydrogens is 246 g/mol. The molecule has 19 heavy (non-hydrogen) atoms. The SMILES string of the molecule is COC(=O)c1oc(CN2C[C@H](C)O[C@@H](C)C2)cc1C. The van der Waals surface area contributed by atoms with Crippen LogP contribution < -0.4 is 0 Å². The standard InChI is InChI=1S/C14H21NO4/c1-9-5-12(19-13(9)14(16)17-4)8-15-6-10(2)18-11(3)7-15/h5,10-11H,6-8H2,1-4H3/t10-,11-/m0/s1. The van der Waals surface area contributed by atoms with Crippen molar-refractivity contribution in [1.82, 2.24) is 4.90 Å². The number of rotatable bonds is 3. The number of hydrogen-bond acceptors (Lipinski definition) is 5. The predicted octanol–water partition coefficient (Wildman–Crippen LogP) is 1.98. The van der Waals surface area contributed by atoms with E-state index >= 15 is 0 Å². The lowest BCUT2D eigenvalue weighted by Gasteiger charge is -2.34. The molecule has 106 valence electrons. The number of methoxy groups -OCH3 is 1. The Morgan fingerprint density at radius 3 is 2.63 bits per heavy atom. The molecule has 2 rings (SSSR count). The quantitative estimate of drug-likeness (QED) is 0.784. The van der Waals surface area contributed by atoms with Crippen molar-refractivity contribution in [2.45, 2.75) is 39.5 Å². The number of ether oxygens (including phenoxy) is 2. The average Bonchev–Trinajstić information content (AvgIpc) is 2.68. The van der Waals surface area contributed by atoms with Gasteiger partial charge in [0, 0.05) is 18.7 Å². The zero-order valence-electron chi connectivity index (χ0n) is 11.9. The minimum absolute atomic E-state index is 0.222. The van der Waals surface area contributed by atoms with E-state index in [1.165, 1.54) is 7.11 Å². The molecule has 0 spiro atoms. The van der Waals surface area contributed by atoms with Gasteiger partial charge in [0.1, 0.15) is 5.76 Å². The number of hydrogen-bond donors (Lipinski definition) is 0. The first-order valence-corrected chi connectivity index (χ1v) is 6.55. The molecule has 1 aromatic heterocycles. The minimum atomic E-state index is -0.424. The lowest BCUT2D eigenvalue weighted by Crippen LogP contribution is -2.44. The van der Waals surface area contributed by atoms with Crippen LogP contribution in [-0.4, -0.2) is 43.3 Å². The van der Waals surface area contributed by atoms with Crippen molar-refractivity contribution in [1.29, 1.82) is 0 Å². The smallest absolute Gasteiger partial charge is 0.374 e. The van der Waals surface area contributed by atoms with Crippen LogP contribution in [0, 0.1) is 6.92 Å². The highest BCUT2D eigenvalue weighted by Gasteiger charge is 2.24. The lowest BCUT2D eigenvalue weighted by molar-refractivity contribution is -0.0719. The summed E-state index contributed by atoms with van der Waals surface area (Å²) < 4.78 is 16.0. The molecule has 2 atom stereocenters. The van der Waals surface area contributed by atoms with Gasteiger partial charge in [-0.3, -0.25) is 4.90 Å². The highest BCUT2D eigenvalue weighted by atomic mass is 16.5. The van der Waals surface area contributed by atoms with Crippen molar-refractivity contribution in [2.24, 2.45) is 0 Å². The number of aryl methyl sites for hydroxylation is 1. The fourth-order valence-electron chi connectivity index (χ4n) is 2.56. The first-order valence-electron chi connectivity index (χ1n) is 6.55. The molecule has 1 aliphatic rings. The van der Waals surface area contributed by atoms with Crippen LogP contribution in [0.25, 0.3) is 0 Å². The van der Waals surface area contributed by atoms with Gasteiger partial charge in [0.25, 0.3) is 0 Å². The third-order valence-corrected chi connectivity index (χ3v) is 3.21. The van der Waals surface area contributed by atoms with E-state index in [4.69, 9.17) is 9.15 Å². The molecule has 1 aliphatic heterocycles. The Balaban J connectivity index is 2.05. The van der Waals surface area contributed by atoms with Crippen molar-refractivity contribution in [3.8, 4) is 0 Å². The van der Waals surface area contributed by atoms with E-state index in [9.17, 15) is 4.79 Å². The highest BCUT2D eigenvalue weighted by Crippen LogP contribution is 2.19. The zero-order valence-corrected chi connectivity index (χ0v) is 11.9. The van der Waals surface area contributed by atoms with E-state index in [1.807, 2.05) is 13.0 Å². The van der Waals surface area contributed by atoms with Gasteiger partial charge in [0.15, 0.2) is 0 Å². The van der Waals surface area contributed by atoms with Gasteiger partial charge in [-0.15, -0.1) is 0 Å². The normalized spacial score (nSPS) is 24.4. The summed E-state index contributed by atoms with van der Waals surface area (Å²) in [4.78, 5) is 13.8. The molecule has 0 N–H and O–H groups in total. The Morgan fingerprint density at radius 1 is 1.42 bits per heavy atom. The fraction of sp³-hybridized carbons (Fsp3) is 0.643. The third-order valence-electron chi connectivity index (χ3n) is 3.21. The monoisotopic (exact) mass is 267 g/mol. The van der Waals surface area contributed by atoms with Crippen LogP contribution in [0.3, 0.4) is 0 Å². The van der Waals surface area contributed by atoms with Gasteiger partial charge in [-0.2, -0.15) is 0 Å². The largest absolute Gasteiger partial charge is 0.463 e. The van der Waals surface area contributed by atoms with E-state index in [0.29, 0.717) is 12.3 Å². The first kappa shape index (κ1) is 14.1. The summed E-state index contributed by atoms with van der Waals surface area (Å²) in [7, 11) is 1.36. The molecule has 0 amide bonds.